The standard InChI is InChI=1S/C23H32O4/c24-22(25)20-13-7-8-14-21(20)23(26)27-16-15-19(17-9-3-1-4-10-17)18-11-5-2-6-12-18/h7-8,13-14,17-19H,1-6,9-12,15-16H2,(H,24,25). The van der Waals surface area contributed by atoms with E-state index in [-0.39, 0.29) is 11.1 Å². The summed E-state index contributed by atoms with van der Waals surface area (Å²) in [6.45, 7) is 0.393. The molecular weight excluding hydrogens is 340 g/mol. The van der Waals surface area contributed by atoms with Gasteiger partial charge in [-0.25, -0.2) is 9.59 Å². The van der Waals surface area contributed by atoms with Gasteiger partial charge in [0.2, 0.25) is 0 Å². The van der Waals surface area contributed by atoms with Crippen molar-refractivity contribution in [1.82, 2.24) is 0 Å². The van der Waals surface area contributed by atoms with Crippen LogP contribution in [-0.2, 0) is 4.74 Å². The second-order valence-electron chi connectivity index (χ2n) is 8.24. The molecule has 0 amide bonds. The summed E-state index contributed by atoms with van der Waals surface area (Å²) in [5.41, 5.74) is 0.162. The number of carboxylic acids is 1. The maximum Gasteiger partial charge on any atom is 0.339 e. The van der Waals surface area contributed by atoms with Crippen LogP contribution in [0.3, 0.4) is 0 Å². The summed E-state index contributed by atoms with van der Waals surface area (Å²) < 4.78 is 5.53. The highest BCUT2D eigenvalue weighted by Gasteiger charge is 2.31. The third-order valence-corrected chi connectivity index (χ3v) is 6.57. The van der Waals surface area contributed by atoms with E-state index >= 15 is 0 Å². The van der Waals surface area contributed by atoms with Gasteiger partial charge in [0.05, 0.1) is 17.7 Å². The predicted octanol–water partition coefficient (Wildman–Crippen LogP) is 5.71. The second-order valence-corrected chi connectivity index (χ2v) is 8.24. The van der Waals surface area contributed by atoms with E-state index < -0.39 is 11.9 Å². The van der Waals surface area contributed by atoms with Crippen molar-refractivity contribution in [2.45, 2.75) is 70.6 Å². The highest BCUT2D eigenvalue weighted by atomic mass is 16.5. The number of hydrogen-bond donors (Lipinski definition) is 1. The fourth-order valence-corrected chi connectivity index (χ4v) is 5.19. The van der Waals surface area contributed by atoms with Crippen LogP contribution in [0, 0.1) is 17.8 Å². The van der Waals surface area contributed by atoms with Gasteiger partial charge in [-0.1, -0.05) is 76.3 Å². The zero-order valence-electron chi connectivity index (χ0n) is 16.2. The Hall–Kier alpha value is -1.84. The lowest BCUT2D eigenvalue weighted by molar-refractivity contribution is 0.0404. The van der Waals surface area contributed by atoms with Gasteiger partial charge in [0, 0.05) is 0 Å². The minimum atomic E-state index is -1.09. The number of ether oxygens (including phenoxy) is 1. The zero-order valence-corrected chi connectivity index (χ0v) is 16.2. The number of carboxylic acid groups (broad SMARTS) is 1. The molecule has 148 valence electrons. The molecule has 2 fully saturated rings. The lowest BCUT2D eigenvalue weighted by Gasteiger charge is -2.38. The molecule has 1 aromatic carbocycles. The first-order valence-electron chi connectivity index (χ1n) is 10.7. The Balaban J connectivity index is 1.60. The Morgan fingerprint density at radius 3 is 1.93 bits per heavy atom. The number of hydrogen-bond acceptors (Lipinski definition) is 3. The first kappa shape index (κ1) is 19.9. The third-order valence-electron chi connectivity index (χ3n) is 6.57. The van der Waals surface area contributed by atoms with Crippen molar-refractivity contribution in [2.75, 3.05) is 6.61 Å². The minimum Gasteiger partial charge on any atom is -0.478 e. The molecule has 0 aliphatic heterocycles. The summed E-state index contributed by atoms with van der Waals surface area (Å²) in [6.07, 6.45) is 14.2. The third kappa shape index (κ3) is 5.33. The van der Waals surface area contributed by atoms with Crippen molar-refractivity contribution in [3.05, 3.63) is 35.4 Å². The summed E-state index contributed by atoms with van der Waals surface area (Å²) in [5, 5.41) is 9.26. The average Bonchev–Trinajstić information content (AvgIpc) is 2.72. The second kappa shape index (κ2) is 9.91. The number of benzene rings is 1. The van der Waals surface area contributed by atoms with Crippen LogP contribution in [0.1, 0.15) is 91.3 Å². The molecule has 2 aliphatic rings. The fraction of sp³-hybridized carbons (Fsp3) is 0.652. The van der Waals surface area contributed by atoms with E-state index in [9.17, 15) is 14.7 Å². The quantitative estimate of drug-likeness (QED) is 0.623. The Morgan fingerprint density at radius 2 is 1.41 bits per heavy atom. The van der Waals surface area contributed by atoms with Crippen LogP contribution in [0.5, 0.6) is 0 Å². The van der Waals surface area contributed by atoms with Crippen LogP contribution < -0.4 is 0 Å². The van der Waals surface area contributed by atoms with Crippen molar-refractivity contribution >= 4 is 11.9 Å². The monoisotopic (exact) mass is 372 g/mol. The van der Waals surface area contributed by atoms with E-state index in [4.69, 9.17) is 4.74 Å². The van der Waals surface area contributed by atoms with Gasteiger partial charge in [-0.15, -0.1) is 0 Å². The van der Waals surface area contributed by atoms with E-state index in [0.29, 0.717) is 12.5 Å². The van der Waals surface area contributed by atoms with Crippen LogP contribution in [-0.4, -0.2) is 23.7 Å². The van der Waals surface area contributed by atoms with Crippen molar-refractivity contribution in [3.8, 4) is 0 Å². The average molecular weight is 373 g/mol. The largest absolute Gasteiger partial charge is 0.478 e. The molecule has 0 saturated heterocycles. The van der Waals surface area contributed by atoms with Gasteiger partial charge in [0.15, 0.2) is 0 Å². The van der Waals surface area contributed by atoms with Crippen molar-refractivity contribution in [1.29, 1.82) is 0 Å². The van der Waals surface area contributed by atoms with E-state index in [0.717, 1.165) is 18.3 Å². The molecule has 2 saturated carbocycles. The molecule has 4 nitrogen and oxygen atoms in total. The van der Waals surface area contributed by atoms with Gasteiger partial charge in [-0.05, 0) is 36.3 Å². The summed E-state index contributed by atoms with van der Waals surface area (Å²) >= 11 is 0. The molecule has 0 unspecified atom stereocenters. The molecule has 0 aromatic heterocycles. The lowest BCUT2D eigenvalue weighted by Crippen LogP contribution is -2.28. The van der Waals surface area contributed by atoms with Crippen LogP contribution in [0.15, 0.2) is 24.3 Å². The maximum absolute atomic E-state index is 12.4. The molecule has 4 heteroatoms. The Morgan fingerprint density at radius 1 is 0.889 bits per heavy atom. The van der Waals surface area contributed by atoms with Crippen molar-refractivity contribution < 1.29 is 19.4 Å². The summed E-state index contributed by atoms with van der Waals surface area (Å²) in [4.78, 5) is 23.7. The van der Waals surface area contributed by atoms with E-state index in [1.54, 1.807) is 12.1 Å². The summed E-state index contributed by atoms with van der Waals surface area (Å²) in [6, 6.07) is 6.29. The molecule has 3 rings (SSSR count). The van der Waals surface area contributed by atoms with Gasteiger partial charge >= 0.3 is 11.9 Å². The molecule has 0 heterocycles. The van der Waals surface area contributed by atoms with Crippen molar-refractivity contribution in [3.63, 3.8) is 0 Å². The van der Waals surface area contributed by atoms with Crippen LogP contribution in [0.4, 0.5) is 0 Å². The molecule has 2 aliphatic carbocycles. The number of carbonyl (C=O) groups is 2. The van der Waals surface area contributed by atoms with Gasteiger partial charge in [0.25, 0.3) is 0 Å². The molecule has 1 aromatic rings. The normalized spacial score (nSPS) is 19.1. The first-order chi connectivity index (χ1) is 13.2. The number of rotatable bonds is 7. The Kier molecular flexibility index (Phi) is 7.31. The van der Waals surface area contributed by atoms with Gasteiger partial charge in [-0.2, -0.15) is 0 Å². The first-order valence-corrected chi connectivity index (χ1v) is 10.7. The van der Waals surface area contributed by atoms with E-state index in [1.807, 2.05) is 0 Å². The molecule has 1 N–H and O–H groups in total. The molecule has 0 atom stereocenters. The lowest BCUT2D eigenvalue weighted by atomic mass is 9.68. The summed E-state index contributed by atoms with van der Waals surface area (Å²) in [7, 11) is 0. The van der Waals surface area contributed by atoms with Crippen LogP contribution in [0.2, 0.25) is 0 Å². The fourth-order valence-electron chi connectivity index (χ4n) is 5.19. The molecule has 0 bridgehead atoms. The summed E-state index contributed by atoms with van der Waals surface area (Å²) in [5.74, 6) is 0.579. The minimum absolute atomic E-state index is 0.0126. The highest BCUT2D eigenvalue weighted by molar-refractivity contribution is 6.02. The van der Waals surface area contributed by atoms with Gasteiger partial charge in [-0.3, -0.25) is 0 Å². The molecular formula is C23H32O4. The van der Waals surface area contributed by atoms with Gasteiger partial charge in [0.1, 0.15) is 0 Å². The smallest absolute Gasteiger partial charge is 0.339 e. The Bertz CT molecular complexity index is 609. The number of esters is 1. The van der Waals surface area contributed by atoms with E-state index in [2.05, 4.69) is 0 Å². The molecule has 0 radical (unpaired) electrons. The zero-order chi connectivity index (χ0) is 19.1. The van der Waals surface area contributed by atoms with Crippen LogP contribution >= 0.6 is 0 Å². The van der Waals surface area contributed by atoms with Gasteiger partial charge < -0.3 is 9.84 Å². The van der Waals surface area contributed by atoms with Crippen LogP contribution in [0.25, 0.3) is 0 Å². The molecule has 27 heavy (non-hydrogen) atoms. The maximum atomic E-state index is 12.4. The Labute approximate surface area is 162 Å². The van der Waals surface area contributed by atoms with Crippen molar-refractivity contribution in [2.24, 2.45) is 17.8 Å². The van der Waals surface area contributed by atoms with E-state index in [1.165, 1.54) is 76.3 Å². The highest BCUT2D eigenvalue weighted by Crippen LogP contribution is 2.41. The number of carbonyl (C=O) groups excluding carboxylic acids is 1. The SMILES string of the molecule is O=C(O)c1ccccc1C(=O)OCCC(C1CCCCC1)C1CCCCC1. The molecule has 0 spiro atoms. The predicted molar refractivity (Wildman–Crippen MR) is 105 cm³/mol. The number of aromatic carboxylic acids is 1. The topological polar surface area (TPSA) is 63.6 Å².